The molecule has 1 aromatic carbocycles. The van der Waals surface area contributed by atoms with Crippen LogP contribution in [0.15, 0.2) is 22.7 Å². The molecular formula is C14H17BrF3NO2. The molecule has 21 heavy (non-hydrogen) atoms. The minimum Gasteiger partial charge on any atom is -0.388 e. The van der Waals surface area contributed by atoms with Gasteiger partial charge in [-0.3, -0.25) is 4.79 Å². The maximum absolute atomic E-state index is 12.7. The number of rotatable bonds is 3. The molecule has 1 aromatic rings. The lowest BCUT2D eigenvalue weighted by molar-refractivity contribution is -0.137. The number of benzene rings is 1. The fourth-order valence-corrected chi connectivity index (χ4v) is 1.81. The third kappa shape index (κ3) is 4.20. The van der Waals surface area contributed by atoms with Crippen LogP contribution in [-0.2, 0) is 6.18 Å². The van der Waals surface area contributed by atoms with Crippen LogP contribution in [0.1, 0.15) is 43.6 Å². The van der Waals surface area contributed by atoms with Crippen molar-refractivity contribution >= 4 is 21.8 Å². The molecule has 0 radical (unpaired) electrons. The van der Waals surface area contributed by atoms with Crippen LogP contribution >= 0.6 is 15.9 Å². The van der Waals surface area contributed by atoms with E-state index in [-0.39, 0.29) is 10.0 Å². The number of hydrogen-bond acceptors (Lipinski definition) is 2. The van der Waals surface area contributed by atoms with Gasteiger partial charge < -0.3 is 10.4 Å². The third-order valence-corrected chi connectivity index (χ3v) is 4.19. The first-order chi connectivity index (χ1) is 9.25. The Kier molecular flexibility index (Phi) is 4.80. The molecule has 1 rings (SSSR count). The number of hydrogen-bond donors (Lipinski definition) is 2. The van der Waals surface area contributed by atoms with Gasteiger partial charge in [-0.1, -0.05) is 0 Å². The largest absolute Gasteiger partial charge is 0.416 e. The number of aliphatic hydroxyl groups is 1. The van der Waals surface area contributed by atoms with Gasteiger partial charge in [0.25, 0.3) is 5.91 Å². The van der Waals surface area contributed by atoms with Crippen LogP contribution in [0.3, 0.4) is 0 Å². The van der Waals surface area contributed by atoms with E-state index in [0.29, 0.717) is 0 Å². The minimum absolute atomic E-state index is 0.137. The van der Waals surface area contributed by atoms with E-state index in [1.165, 1.54) is 19.9 Å². The molecule has 0 saturated heterocycles. The van der Waals surface area contributed by atoms with E-state index in [2.05, 4.69) is 21.2 Å². The van der Waals surface area contributed by atoms with Crippen molar-refractivity contribution in [1.29, 1.82) is 0 Å². The summed E-state index contributed by atoms with van der Waals surface area (Å²) in [4.78, 5) is 12.2. The topological polar surface area (TPSA) is 49.3 Å². The molecule has 0 bridgehead atoms. The lowest BCUT2D eigenvalue weighted by Crippen LogP contribution is -2.57. The smallest absolute Gasteiger partial charge is 0.388 e. The Hall–Kier alpha value is -1.08. The second-order valence-corrected chi connectivity index (χ2v) is 6.68. The lowest BCUT2D eigenvalue weighted by atomic mass is 9.85. The van der Waals surface area contributed by atoms with Crippen molar-refractivity contribution in [2.24, 2.45) is 0 Å². The van der Waals surface area contributed by atoms with E-state index in [9.17, 15) is 23.1 Å². The summed E-state index contributed by atoms with van der Waals surface area (Å²) in [6.45, 7) is 6.20. The van der Waals surface area contributed by atoms with E-state index in [1.807, 2.05) is 0 Å². The molecule has 0 aliphatic heterocycles. The number of halogens is 4. The van der Waals surface area contributed by atoms with E-state index < -0.39 is 28.8 Å². The molecule has 0 atom stereocenters. The summed E-state index contributed by atoms with van der Waals surface area (Å²) in [5.41, 5.74) is -3.30. The van der Waals surface area contributed by atoms with Crippen LogP contribution in [0.5, 0.6) is 0 Å². The number of carbonyl (C=O) groups excluding carboxylic acids is 1. The second-order valence-electron chi connectivity index (χ2n) is 5.83. The first-order valence-electron chi connectivity index (χ1n) is 6.17. The monoisotopic (exact) mass is 367 g/mol. The molecule has 0 fully saturated rings. The molecule has 0 aromatic heterocycles. The minimum atomic E-state index is -4.53. The van der Waals surface area contributed by atoms with E-state index in [1.54, 1.807) is 13.8 Å². The third-order valence-electron chi connectivity index (χ3n) is 3.49. The van der Waals surface area contributed by atoms with Crippen molar-refractivity contribution in [2.75, 3.05) is 0 Å². The van der Waals surface area contributed by atoms with Gasteiger partial charge >= 0.3 is 6.18 Å². The zero-order valence-corrected chi connectivity index (χ0v) is 13.7. The Morgan fingerprint density at radius 2 is 1.71 bits per heavy atom. The first kappa shape index (κ1) is 18.0. The van der Waals surface area contributed by atoms with E-state index >= 15 is 0 Å². The molecule has 118 valence electrons. The van der Waals surface area contributed by atoms with Crippen LogP contribution in [-0.4, -0.2) is 22.2 Å². The van der Waals surface area contributed by atoms with Gasteiger partial charge in [0, 0.05) is 4.47 Å². The molecule has 7 heteroatoms. The van der Waals surface area contributed by atoms with E-state index in [0.717, 1.165) is 12.1 Å². The zero-order valence-electron chi connectivity index (χ0n) is 12.1. The van der Waals surface area contributed by atoms with Crippen LogP contribution in [0, 0.1) is 0 Å². The molecule has 3 nitrogen and oxygen atoms in total. The number of amides is 1. The second kappa shape index (κ2) is 5.61. The maximum atomic E-state index is 12.7. The van der Waals surface area contributed by atoms with Crippen LogP contribution in [0.25, 0.3) is 0 Å². The van der Waals surface area contributed by atoms with E-state index in [4.69, 9.17) is 0 Å². The van der Waals surface area contributed by atoms with Crippen molar-refractivity contribution in [3.05, 3.63) is 33.8 Å². The Labute approximate surface area is 129 Å². The number of alkyl halides is 3. The lowest BCUT2D eigenvalue weighted by Gasteiger charge is -2.38. The summed E-state index contributed by atoms with van der Waals surface area (Å²) in [6.07, 6.45) is -4.53. The Morgan fingerprint density at radius 3 is 2.14 bits per heavy atom. The predicted octanol–water partition coefficient (Wildman–Crippen LogP) is 3.75. The average Bonchev–Trinajstić information content (AvgIpc) is 2.25. The molecule has 2 N–H and O–H groups in total. The number of carbonyl (C=O) groups is 1. The molecular weight excluding hydrogens is 351 g/mol. The Bertz CT molecular complexity index is 548. The van der Waals surface area contributed by atoms with Crippen molar-refractivity contribution < 1.29 is 23.1 Å². The van der Waals surface area contributed by atoms with Gasteiger partial charge in [0.2, 0.25) is 0 Å². The highest BCUT2D eigenvalue weighted by Gasteiger charge is 2.37. The summed E-state index contributed by atoms with van der Waals surface area (Å²) < 4.78 is 38.4. The molecule has 0 heterocycles. The Balaban J connectivity index is 3.14. The summed E-state index contributed by atoms with van der Waals surface area (Å²) in [6, 6.07) is 2.84. The van der Waals surface area contributed by atoms with Crippen molar-refractivity contribution in [2.45, 2.75) is 45.0 Å². The van der Waals surface area contributed by atoms with Gasteiger partial charge in [0.1, 0.15) is 0 Å². The van der Waals surface area contributed by atoms with Gasteiger partial charge in [-0.05, 0) is 61.8 Å². The van der Waals surface area contributed by atoms with Gasteiger partial charge in [-0.25, -0.2) is 0 Å². The van der Waals surface area contributed by atoms with Crippen LogP contribution in [0.4, 0.5) is 13.2 Å². The van der Waals surface area contributed by atoms with Crippen molar-refractivity contribution in [3.8, 4) is 0 Å². The normalized spacial score (nSPS) is 13.2. The Morgan fingerprint density at radius 1 is 1.19 bits per heavy atom. The average molecular weight is 368 g/mol. The van der Waals surface area contributed by atoms with Crippen molar-refractivity contribution in [1.82, 2.24) is 5.32 Å². The zero-order chi connectivity index (χ0) is 16.6. The summed E-state index contributed by atoms with van der Waals surface area (Å²) in [7, 11) is 0. The molecule has 0 aliphatic carbocycles. The van der Waals surface area contributed by atoms with Crippen LogP contribution < -0.4 is 5.32 Å². The standard InChI is InChI=1S/C14H17BrF3NO2/c1-12(2,13(3,4)21)19-11(20)9-7-8(14(16,17)18)5-6-10(9)15/h5-7,21H,1-4H3,(H,19,20). The molecule has 0 unspecified atom stereocenters. The summed E-state index contributed by atoms with van der Waals surface area (Å²) >= 11 is 3.07. The van der Waals surface area contributed by atoms with Gasteiger partial charge in [-0.15, -0.1) is 0 Å². The first-order valence-corrected chi connectivity index (χ1v) is 6.96. The van der Waals surface area contributed by atoms with Crippen molar-refractivity contribution in [3.63, 3.8) is 0 Å². The van der Waals surface area contributed by atoms with Gasteiger partial charge in [-0.2, -0.15) is 13.2 Å². The number of nitrogens with one attached hydrogen (secondary N) is 1. The highest BCUT2D eigenvalue weighted by atomic mass is 79.9. The van der Waals surface area contributed by atoms with Gasteiger partial charge in [0.15, 0.2) is 0 Å². The highest BCUT2D eigenvalue weighted by Crippen LogP contribution is 2.32. The summed E-state index contributed by atoms with van der Waals surface area (Å²) in [5.74, 6) is -0.694. The molecule has 0 saturated carbocycles. The highest BCUT2D eigenvalue weighted by molar-refractivity contribution is 9.10. The quantitative estimate of drug-likeness (QED) is 0.854. The molecule has 0 aliphatic rings. The summed E-state index contributed by atoms with van der Waals surface area (Å²) in [5, 5.41) is 12.5. The predicted molar refractivity (Wildman–Crippen MR) is 77.0 cm³/mol. The SMILES string of the molecule is CC(C)(O)C(C)(C)NC(=O)c1cc(C(F)(F)F)ccc1Br. The maximum Gasteiger partial charge on any atom is 0.416 e. The fourth-order valence-electron chi connectivity index (χ4n) is 1.38. The fraction of sp³-hybridized carbons (Fsp3) is 0.500. The molecule has 1 amide bonds. The van der Waals surface area contributed by atoms with Crippen LogP contribution in [0.2, 0.25) is 0 Å². The van der Waals surface area contributed by atoms with Gasteiger partial charge in [0.05, 0.1) is 22.3 Å². The molecule has 0 spiro atoms.